The Kier molecular flexibility index (Phi) is 4.28. The fraction of sp³-hybridized carbons (Fsp3) is 0.400. The fourth-order valence-electron chi connectivity index (χ4n) is 1.88. The quantitative estimate of drug-likeness (QED) is 0.878. The smallest absolute Gasteiger partial charge is 0.0730 e. The molecule has 0 amide bonds. The first-order chi connectivity index (χ1) is 8.70. The van der Waals surface area contributed by atoms with E-state index in [0.717, 1.165) is 11.2 Å². The van der Waals surface area contributed by atoms with E-state index in [1.807, 2.05) is 39.1 Å². The molecular formula is C15H20N2O. The number of likely N-dealkylation sites (N-methyl/N-ethyl adjacent to an activating group) is 1. The summed E-state index contributed by atoms with van der Waals surface area (Å²) in [6.45, 7) is 4.72. The second kappa shape index (κ2) is 5.94. The Morgan fingerprint density at radius 3 is 2.67 bits per heavy atom. The Morgan fingerprint density at radius 2 is 1.94 bits per heavy atom. The molecule has 3 nitrogen and oxygen atoms in total. The minimum absolute atomic E-state index is 0.136. The van der Waals surface area contributed by atoms with Crippen LogP contribution in [-0.4, -0.2) is 24.7 Å². The number of rotatable bonds is 5. The van der Waals surface area contributed by atoms with E-state index in [9.17, 15) is 0 Å². The van der Waals surface area contributed by atoms with Crippen molar-refractivity contribution in [3.8, 4) is 0 Å². The molecule has 0 aliphatic heterocycles. The number of hydrogen-bond acceptors (Lipinski definition) is 3. The highest BCUT2D eigenvalue weighted by Crippen LogP contribution is 2.17. The standard InChI is InChI=1S/C15H20N2O/c1-11(2)18-10-15(16-3)14-9-8-12-6-4-5-7-13(12)17-14/h4-9,11,15-16H,10H2,1-3H3. The van der Waals surface area contributed by atoms with Crippen LogP contribution in [0.2, 0.25) is 0 Å². The molecule has 0 bridgehead atoms. The van der Waals surface area contributed by atoms with Crippen molar-refractivity contribution >= 4 is 10.9 Å². The highest BCUT2D eigenvalue weighted by atomic mass is 16.5. The molecule has 3 heteroatoms. The van der Waals surface area contributed by atoms with Crippen molar-refractivity contribution < 1.29 is 4.74 Å². The van der Waals surface area contributed by atoms with Gasteiger partial charge in [0.1, 0.15) is 0 Å². The summed E-state index contributed by atoms with van der Waals surface area (Å²) >= 11 is 0. The van der Waals surface area contributed by atoms with Gasteiger partial charge in [-0.2, -0.15) is 0 Å². The van der Waals surface area contributed by atoms with Crippen LogP contribution < -0.4 is 5.32 Å². The van der Waals surface area contributed by atoms with Gasteiger partial charge in [-0.05, 0) is 33.0 Å². The third-order valence-corrected chi connectivity index (χ3v) is 2.92. The lowest BCUT2D eigenvalue weighted by atomic mass is 10.1. The van der Waals surface area contributed by atoms with E-state index in [1.165, 1.54) is 5.39 Å². The summed E-state index contributed by atoms with van der Waals surface area (Å²) in [6, 6.07) is 12.5. The summed E-state index contributed by atoms with van der Waals surface area (Å²) in [5.41, 5.74) is 2.05. The van der Waals surface area contributed by atoms with Gasteiger partial charge >= 0.3 is 0 Å². The SMILES string of the molecule is CNC(COC(C)C)c1ccc2ccccc2n1. The van der Waals surface area contributed by atoms with Crippen LogP contribution in [0.4, 0.5) is 0 Å². The maximum Gasteiger partial charge on any atom is 0.0730 e. The summed E-state index contributed by atoms with van der Waals surface area (Å²) in [5, 5.41) is 4.42. The van der Waals surface area contributed by atoms with Crippen LogP contribution in [0.15, 0.2) is 36.4 Å². The van der Waals surface area contributed by atoms with Gasteiger partial charge in [0.05, 0.1) is 30.0 Å². The third-order valence-electron chi connectivity index (χ3n) is 2.92. The van der Waals surface area contributed by atoms with Crippen molar-refractivity contribution in [2.75, 3.05) is 13.7 Å². The Morgan fingerprint density at radius 1 is 1.17 bits per heavy atom. The molecule has 2 rings (SSSR count). The average molecular weight is 244 g/mol. The first-order valence-corrected chi connectivity index (χ1v) is 6.35. The van der Waals surface area contributed by atoms with Crippen molar-refractivity contribution in [3.63, 3.8) is 0 Å². The van der Waals surface area contributed by atoms with Crippen LogP contribution in [0.3, 0.4) is 0 Å². The lowest BCUT2D eigenvalue weighted by Crippen LogP contribution is -2.24. The monoisotopic (exact) mass is 244 g/mol. The first-order valence-electron chi connectivity index (χ1n) is 6.35. The van der Waals surface area contributed by atoms with Gasteiger partial charge in [-0.1, -0.05) is 24.3 Å². The summed E-state index contributed by atoms with van der Waals surface area (Å²) in [7, 11) is 1.94. The van der Waals surface area contributed by atoms with Gasteiger partial charge in [-0.25, -0.2) is 0 Å². The van der Waals surface area contributed by atoms with Crippen LogP contribution in [0.1, 0.15) is 25.6 Å². The number of pyridine rings is 1. The van der Waals surface area contributed by atoms with E-state index in [-0.39, 0.29) is 12.1 Å². The molecule has 0 aliphatic rings. The highest BCUT2D eigenvalue weighted by Gasteiger charge is 2.12. The largest absolute Gasteiger partial charge is 0.377 e. The average Bonchev–Trinajstić information content (AvgIpc) is 2.39. The van der Waals surface area contributed by atoms with Gasteiger partial charge in [0.15, 0.2) is 0 Å². The first kappa shape index (κ1) is 13.0. The lowest BCUT2D eigenvalue weighted by molar-refractivity contribution is 0.0619. The zero-order valence-electron chi connectivity index (χ0n) is 11.2. The van der Waals surface area contributed by atoms with Gasteiger partial charge in [-0.3, -0.25) is 4.98 Å². The molecule has 0 fully saturated rings. The highest BCUT2D eigenvalue weighted by molar-refractivity contribution is 5.78. The van der Waals surface area contributed by atoms with Crippen molar-refractivity contribution in [1.29, 1.82) is 0 Å². The number of nitrogens with one attached hydrogen (secondary N) is 1. The summed E-state index contributed by atoms with van der Waals surface area (Å²) in [5.74, 6) is 0. The lowest BCUT2D eigenvalue weighted by Gasteiger charge is -2.18. The molecule has 2 aromatic rings. The summed E-state index contributed by atoms with van der Waals surface area (Å²) < 4.78 is 5.66. The molecule has 0 saturated heterocycles. The van der Waals surface area contributed by atoms with E-state index < -0.39 is 0 Å². The zero-order chi connectivity index (χ0) is 13.0. The predicted molar refractivity (Wildman–Crippen MR) is 74.6 cm³/mol. The number of ether oxygens (including phenoxy) is 1. The molecule has 1 N–H and O–H groups in total. The Labute approximate surface area is 108 Å². The molecular weight excluding hydrogens is 224 g/mol. The second-order valence-corrected chi connectivity index (χ2v) is 4.65. The molecule has 0 radical (unpaired) electrons. The van der Waals surface area contributed by atoms with Crippen molar-refractivity contribution in [1.82, 2.24) is 10.3 Å². The van der Waals surface area contributed by atoms with Crippen molar-refractivity contribution in [2.45, 2.75) is 26.0 Å². The molecule has 0 aliphatic carbocycles. The normalized spacial score (nSPS) is 13.1. The number of aromatic nitrogens is 1. The number of benzene rings is 1. The van der Waals surface area contributed by atoms with Crippen LogP contribution in [0, 0.1) is 0 Å². The zero-order valence-corrected chi connectivity index (χ0v) is 11.2. The van der Waals surface area contributed by atoms with Crippen molar-refractivity contribution in [3.05, 3.63) is 42.1 Å². The number of nitrogens with zero attached hydrogens (tertiary/aromatic N) is 1. The summed E-state index contributed by atoms with van der Waals surface area (Å²) in [6.07, 6.45) is 0.237. The van der Waals surface area contributed by atoms with E-state index in [0.29, 0.717) is 6.61 Å². The van der Waals surface area contributed by atoms with Gasteiger partial charge in [0, 0.05) is 5.39 Å². The van der Waals surface area contributed by atoms with Gasteiger partial charge in [0.2, 0.25) is 0 Å². The molecule has 0 spiro atoms. The Hall–Kier alpha value is -1.45. The van der Waals surface area contributed by atoms with E-state index >= 15 is 0 Å². The van der Waals surface area contributed by atoms with Crippen molar-refractivity contribution in [2.24, 2.45) is 0 Å². The number of fused-ring (bicyclic) bond motifs is 1. The summed E-state index contributed by atoms with van der Waals surface area (Å²) in [4.78, 5) is 4.68. The van der Waals surface area contributed by atoms with Gasteiger partial charge in [0.25, 0.3) is 0 Å². The molecule has 0 saturated carbocycles. The topological polar surface area (TPSA) is 34.1 Å². The van der Waals surface area contributed by atoms with Gasteiger partial charge in [-0.15, -0.1) is 0 Å². The number of hydrogen-bond donors (Lipinski definition) is 1. The Bertz CT molecular complexity index is 511. The molecule has 1 aromatic carbocycles. The maximum atomic E-state index is 5.66. The minimum Gasteiger partial charge on any atom is -0.377 e. The fourth-order valence-corrected chi connectivity index (χ4v) is 1.88. The maximum absolute atomic E-state index is 5.66. The van der Waals surface area contributed by atoms with E-state index in [2.05, 4.69) is 28.5 Å². The molecule has 18 heavy (non-hydrogen) atoms. The molecule has 1 aromatic heterocycles. The van der Waals surface area contributed by atoms with Crippen LogP contribution >= 0.6 is 0 Å². The number of para-hydroxylation sites is 1. The molecule has 1 heterocycles. The van der Waals surface area contributed by atoms with E-state index in [1.54, 1.807) is 0 Å². The van der Waals surface area contributed by atoms with Crippen LogP contribution in [-0.2, 0) is 4.74 Å². The third kappa shape index (κ3) is 3.06. The molecule has 96 valence electrons. The van der Waals surface area contributed by atoms with E-state index in [4.69, 9.17) is 4.74 Å². The van der Waals surface area contributed by atoms with Gasteiger partial charge < -0.3 is 10.1 Å². The van der Waals surface area contributed by atoms with Crippen LogP contribution in [0.25, 0.3) is 10.9 Å². The minimum atomic E-state index is 0.136. The molecule has 1 unspecified atom stereocenters. The second-order valence-electron chi connectivity index (χ2n) is 4.65. The molecule has 1 atom stereocenters. The Balaban J connectivity index is 2.22. The predicted octanol–water partition coefficient (Wildman–Crippen LogP) is 2.92. The van der Waals surface area contributed by atoms with Crippen LogP contribution in [0.5, 0.6) is 0 Å².